The molecule has 0 N–H and O–H groups in total. The topological polar surface area (TPSA) is 0 Å². The van der Waals surface area contributed by atoms with Crippen LogP contribution in [0.3, 0.4) is 0 Å². The summed E-state index contributed by atoms with van der Waals surface area (Å²) in [6.07, 6.45) is 0.510. The summed E-state index contributed by atoms with van der Waals surface area (Å²) in [5, 5.41) is 0. The van der Waals surface area contributed by atoms with Crippen molar-refractivity contribution in [1.29, 1.82) is 0 Å². The van der Waals surface area contributed by atoms with E-state index in [0.717, 1.165) is 17.8 Å². The van der Waals surface area contributed by atoms with Crippen molar-refractivity contribution < 1.29 is 56.8 Å². The summed E-state index contributed by atoms with van der Waals surface area (Å²) in [6, 6.07) is 0. The standard InChI is InChI=1S/C7H16.3C6H11F3.2C6H14.C5H9F3.2C5H12.4C4H10.C3H8.C2H6/c1-5-6-7(2,3)4;2*1-3-5(2)4-6(7,8)9;1-3-4-5(2)6(7,8)9;1-5-6(2,3)4;1-4-5-6(2)3;1-3-4(2)5(6,7)8;1-4-5(2)3;1-3-5-4-2;2*1-4(2)3;2*1-3-4-2;1-3-2;1-2/h5-6H2,1-4H3;3*5H,3-4H2,1-2H3;5H2,1-4H3;6H,4-5H2,1-3H3;4H,3H2,1-2H3;5H,4H2,1-3H3;3-5H2,1-2H3;2*4H,1-3H3;2*3-4H2,1-2H3;3H2,1-2H3;1-2H3/t;2*5-;;;;;;;;;;;;/m.00............/s1/i;;;;;;;;;4D;;3D2;;;. The Balaban J connectivity index is -0.0000000505. The smallest absolute Gasteiger partial charge is 0.171 e. The Morgan fingerprint density at radius 1 is 0.353 bits per heavy atom. The fraction of sp³-hybridized carbons (Fsp3) is 1.00. The summed E-state index contributed by atoms with van der Waals surface area (Å²) in [5.74, 6) is -0.384. The van der Waals surface area contributed by atoms with E-state index in [1.54, 1.807) is 41.5 Å². The van der Waals surface area contributed by atoms with E-state index in [-0.39, 0.29) is 30.6 Å². The highest BCUT2D eigenvalue weighted by molar-refractivity contribution is 4.61. The van der Waals surface area contributed by atoms with Gasteiger partial charge in [0.1, 0.15) is 0 Å². The van der Waals surface area contributed by atoms with Crippen LogP contribution in [0.2, 0.25) is 0 Å². The van der Waals surface area contributed by atoms with Crippen LogP contribution in [0.5, 0.6) is 0 Å². The SMILES string of the molecule is CC.CC(C)C.CCC.CCC(C)(C)C.CCC(C)C.CCC(C)C(F)(F)F.CCCC.CCCC(C)(C)C.CCCC(C)C.CCCC(C)C(F)(F)F.CCCCC.CC[C@H](C)CC(F)(F)F.CC[C@H](C)CC(F)(F)F.[2H]C(C)(C)C.[2H]C([2H])(C)CC. The van der Waals surface area contributed by atoms with Crippen LogP contribution in [-0.4, -0.2) is 24.7 Å². The molecule has 0 rings (SSSR count). The van der Waals surface area contributed by atoms with Crippen LogP contribution in [0.4, 0.5) is 52.7 Å². The van der Waals surface area contributed by atoms with E-state index >= 15 is 0 Å². The van der Waals surface area contributed by atoms with E-state index < -0.39 is 55.8 Å². The average molecular weight is 1270 g/mol. The van der Waals surface area contributed by atoms with Crippen molar-refractivity contribution >= 4 is 0 Å². The van der Waals surface area contributed by atoms with Crippen LogP contribution in [0.15, 0.2) is 0 Å². The first-order valence-electron chi connectivity index (χ1n) is 35.3. The first kappa shape index (κ1) is 112. The van der Waals surface area contributed by atoms with Crippen molar-refractivity contribution in [2.45, 2.75) is 423 Å². The van der Waals surface area contributed by atoms with E-state index in [1.807, 2.05) is 41.5 Å². The molecule has 0 saturated heterocycles. The predicted octanol–water partition coefficient (Wildman–Crippen LogP) is 32.9. The molecule has 0 heterocycles. The maximum absolute atomic E-state index is 11.6. The molecule has 12 heteroatoms. The van der Waals surface area contributed by atoms with Crippen LogP contribution in [0, 0.1) is 58.1 Å². The second kappa shape index (κ2) is 87.4. The monoisotopic (exact) mass is 1270 g/mol. The van der Waals surface area contributed by atoms with Gasteiger partial charge in [0.25, 0.3) is 0 Å². The molecule has 0 saturated carbocycles. The molecule has 2 unspecified atom stereocenters. The molecule has 0 aliphatic heterocycles. The van der Waals surface area contributed by atoms with Crippen molar-refractivity contribution in [1.82, 2.24) is 0 Å². The molecular formula is C73H164F12. The lowest BCUT2D eigenvalue weighted by molar-refractivity contribution is -0.171. The molecule has 0 aliphatic carbocycles. The minimum absolute atomic E-state index is 0.170. The third-order valence-electron chi connectivity index (χ3n) is 10.3. The highest BCUT2D eigenvalue weighted by Gasteiger charge is 2.35. The molecule has 0 fully saturated rings. The van der Waals surface area contributed by atoms with Crippen molar-refractivity contribution in [2.75, 3.05) is 0 Å². The Hall–Kier alpha value is -0.840. The summed E-state index contributed by atoms with van der Waals surface area (Å²) in [7, 11) is 0. The van der Waals surface area contributed by atoms with Crippen LogP contribution in [0.1, 0.15) is 402 Å². The lowest BCUT2D eigenvalue weighted by atomic mass is 9.91. The van der Waals surface area contributed by atoms with Crippen molar-refractivity contribution in [3.8, 4) is 0 Å². The van der Waals surface area contributed by atoms with Gasteiger partial charge < -0.3 is 0 Å². The Bertz CT molecular complexity index is 1090. The van der Waals surface area contributed by atoms with Gasteiger partial charge >= 0.3 is 24.7 Å². The summed E-state index contributed by atoms with van der Waals surface area (Å²) >= 11 is 0. The number of hydrogen-bond donors (Lipinski definition) is 0. The fourth-order valence-electron chi connectivity index (χ4n) is 3.59. The third-order valence-corrected chi connectivity index (χ3v) is 10.3. The Kier molecular flexibility index (Phi) is 115. The van der Waals surface area contributed by atoms with Gasteiger partial charge in [-0.1, -0.05) is 366 Å². The lowest BCUT2D eigenvalue weighted by Crippen LogP contribution is -2.19. The number of halogens is 12. The van der Waals surface area contributed by atoms with Gasteiger partial charge in [-0.15, -0.1) is 0 Å². The summed E-state index contributed by atoms with van der Waals surface area (Å²) in [5.41, 5.74) is 1.09. The molecular weight excluding hydrogens is 1100 g/mol. The zero-order valence-corrected chi connectivity index (χ0v) is 64.7. The van der Waals surface area contributed by atoms with Gasteiger partial charge in [-0.3, -0.25) is 0 Å². The minimum Gasteiger partial charge on any atom is -0.171 e. The molecule has 540 valence electrons. The van der Waals surface area contributed by atoms with E-state index in [1.165, 1.54) is 97.8 Å². The maximum atomic E-state index is 11.6. The first-order valence-corrected chi connectivity index (χ1v) is 33.8. The lowest BCUT2D eigenvalue weighted by Gasteiger charge is -2.15. The number of alkyl halides is 12. The van der Waals surface area contributed by atoms with E-state index in [0.29, 0.717) is 36.5 Å². The molecule has 0 aromatic carbocycles. The normalized spacial score (nSPS) is 12.7. The van der Waals surface area contributed by atoms with Crippen LogP contribution >= 0.6 is 0 Å². The summed E-state index contributed by atoms with van der Waals surface area (Å²) < 4.78 is 159. The molecule has 0 aromatic rings. The first-order chi connectivity index (χ1) is 39.1. The number of unbranched alkanes of at least 4 members (excludes halogenated alkanes) is 3. The minimum atomic E-state index is -3.99. The molecule has 0 spiro atoms. The number of rotatable bonds is 15. The highest BCUT2D eigenvalue weighted by atomic mass is 19.4. The zero-order valence-electron chi connectivity index (χ0n) is 67.7. The van der Waals surface area contributed by atoms with E-state index in [2.05, 4.69) is 159 Å². The van der Waals surface area contributed by atoms with Crippen LogP contribution in [0.25, 0.3) is 0 Å². The molecule has 0 radical (unpaired) electrons. The van der Waals surface area contributed by atoms with Crippen LogP contribution < -0.4 is 0 Å². The van der Waals surface area contributed by atoms with Crippen LogP contribution in [-0.2, 0) is 0 Å². The van der Waals surface area contributed by atoms with E-state index in [9.17, 15) is 52.7 Å². The molecule has 4 atom stereocenters. The van der Waals surface area contributed by atoms with Gasteiger partial charge in [-0.2, -0.15) is 52.7 Å². The molecule has 0 bridgehead atoms. The largest absolute Gasteiger partial charge is 0.391 e. The van der Waals surface area contributed by atoms with Gasteiger partial charge in [0.05, 0.1) is 11.8 Å². The van der Waals surface area contributed by atoms with Gasteiger partial charge in [-0.05, 0) is 65.6 Å². The fourth-order valence-corrected chi connectivity index (χ4v) is 3.59. The van der Waals surface area contributed by atoms with Crippen molar-refractivity contribution in [3.63, 3.8) is 0 Å². The predicted molar refractivity (Wildman–Crippen MR) is 370 cm³/mol. The molecule has 0 amide bonds. The molecule has 0 aromatic heterocycles. The van der Waals surface area contributed by atoms with Gasteiger partial charge in [-0.25, -0.2) is 0 Å². The maximum Gasteiger partial charge on any atom is 0.391 e. The Morgan fingerprint density at radius 3 is 0.624 bits per heavy atom. The zero-order chi connectivity index (χ0) is 75.2. The average Bonchev–Trinajstić information content (AvgIpc) is 3.33. The van der Waals surface area contributed by atoms with Gasteiger partial charge in [0.2, 0.25) is 0 Å². The third kappa shape index (κ3) is 257. The van der Waals surface area contributed by atoms with Crippen molar-refractivity contribution in [2.24, 2.45) is 58.1 Å². The van der Waals surface area contributed by atoms with Crippen molar-refractivity contribution in [3.05, 3.63) is 0 Å². The second-order valence-electron chi connectivity index (χ2n) is 26.0. The Labute approximate surface area is 535 Å². The molecule has 85 heavy (non-hydrogen) atoms. The van der Waals surface area contributed by atoms with Gasteiger partial charge in [0, 0.05) is 17.0 Å². The van der Waals surface area contributed by atoms with E-state index in [4.69, 9.17) is 4.11 Å². The molecule has 0 nitrogen and oxygen atoms in total. The summed E-state index contributed by atoms with van der Waals surface area (Å²) in [4.78, 5) is 0. The van der Waals surface area contributed by atoms with Gasteiger partial charge in [0.15, 0.2) is 0 Å². The molecule has 0 aliphatic rings. The highest BCUT2D eigenvalue weighted by Crippen LogP contribution is 2.30. The second-order valence-corrected chi connectivity index (χ2v) is 26.0. The quantitative estimate of drug-likeness (QED) is 0.143. The number of hydrogen-bond acceptors (Lipinski definition) is 0. The summed E-state index contributed by atoms with van der Waals surface area (Å²) in [6.45, 7) is 76.3. The Morgan fingerprint density at radius 2 is 0.600 bits per heavy atom.